The molecule has 0 unspecified atom stereocenters. The van der Waals surface area contributed by atoms with Crippen LogP contribution in [-0.2, 0) is 23.9 Å². The molecule has 0 spiro atoms. The van der Waals surface area contributed by atoms with Crippen molar-refractivity contribution >= 4 is 17.7 Å². The lowest BCUT2D eigenvalue weighted by molar-refractivity contribution is -0.143. The molecule has 0 N–H and O–H groups in total. The van der Waals surface area contributed by atoms with Crippen LogP contribution in [-0.4, -0.2) is 61.0 Å². The Hall–Kier alpha value is -3.09. The molecule has 196 valence electrons. The summed E-state index contributed by atoms with van der Waals surface area (Å²) < 4.78 is 11.1. The molecule has 3 aliphatic rings. The van der Waals surface area contributed by atoms with E-state index in [2.05, 4.69) is 26.8 Å². The van der Waals surface area contributed by atoms with Gasteiger partial charge in [-0.15, -0.1) is 0 Å². The molecular formula is C29H40N2O5. The topological polar surface area (TPSA) is 76.2 Å². The van der Waals surface area contributed by atoms with Gasteiger partial charge in [-0.2, -0.15) is 0 Å². The SMILES string of the molecule is CCOC(=O)/C1=C/[C@@H]2[C@@H](C(C)C)CC=C(C)[C@@H]2C[C@H](OC(=O)/C=C/C2=CN(C)CN2C)C/C=C\C1=O. The minimum Gasteiger partial charge on any atom is -0.462 e. The Morgan fingerprint density at radius 1 is 1.22 bits per heavy atom. The second-order valence-electron chi connectivity index (χ2n) is 10.4. The van der Waals surface area contributed by atoms with Crippen LogP contribution in [0, 0.1) is 23.7 Å². The van der Waals surface area contributed by atoms with Crippen LogP contribution in [0.4, 0.5) is 0 Å². The number of ketones is 1. The molecule has 7 heteroatoms. The van der Waals surface area contributed by atoms with E-state index in [0.717, 1.165) is 18.8 Å². The summed E-state index contributed by atoms with van der Waals surface area (Å²) in [6, 6.07) is 0. The predicted octanol–water partition coefficient (Wildman–Crippen LogP) is 4.39. The number of fused-ring (bicyclic) bond motifs is 1. The summed E-state index contributed by atoms with van der Waals surface area (Å²) in [5.41, 5.74) is 2.24. The van der Waals surface area contributed by atoms with E-state index in [9.17, 15) is 14.4 Å². The highest BCUT2D eigenvalue weighted by atomic mass is 16.5. The molecular weight excluding hydrogens is 456 g/mol. The molecule has 0 aromatic carbocycles. The summed E-state index contributed by atoms with van der Waals surface area (Å²) in [4.78, 5) is 42.5. The maximum atomic E-state index is 13.0. The highest BCUT2D eigenvalue weighted by molar-refractivity contribution is 6.21. The van der Waals surface area contributed by atoms with Gasteiger partial charge in [-0.05, 0) is 62.5 Å². The fourth-order valence-corrected chi connectivity index (χ4v) is 5.38. The number of allylic oxidation sites excluding steroid dienone is 5. The molecule has 7 nitrogen and oxygen atoms in total. The molecule has 0 radical (unpaired) electrons. The third-order valence-electron chi connectivity index (χ3n) is 7.32. The van der Waals surface area contributed by atoms with E-state index in [1.54, 1.807) is 19.1 Å². The van der Waals surface area contributed by atoms with Gasteiger partial charge < -0.3 is 19.3 Å². The van der Waals surface area contributed by atoms with Crippen LogP contribution in [0.25, 0.3) is 0 Å². The van der Waals surface area contributed by atoms with Crippen LogP contribution >= 0.6 is 0 Å². The molecule has 0 aromatic heterocycles. The van der Waals surface area contributed by atoms with Crippen molar-refractivity contribution in [1.29, 1.82) is 0 Å². The number of rotatable bonds is 6. The molecule has 1 aliphatic heterocycles. The van der Waals surface area contributed by atoms with Crippen LogP contribution in [0.2, 0.25) is 0 Å². The van der Waals surface area contributed by atoms with Crippen LogP contribution in [0.1, 0.15) is 47.0 Å². The Morgan fingerprint density at radius 2 is 1.97 bits per heavy atom. The summed E-state index contributed by atoms with van der Waals surface area (Å²) >= 11 is 0. The number of hydrogen-bond donors (Lipinski definition) is 0. The molecule has 0 saturated heterocycles. The van der Waals surface area contributed by atoms with Gasteiger partial charge in [0.15, 0.2) is 5.78 Å². The first kappa shape index (κ1) is 27.5. The molecule has 3 rings (SSSR count). The summed E-state index contributed by atoms with van der Waals surface area (Å²) in [5, 5.41) is 0. The number of carbonyl (C=O) groups is 3. The maximum absolute atomic E-state index is 13.0. The van der Waals surface area contributed by atoms with E-state index in [1.807, 2.05) is 36.2 Å². The molecule has 0 saturated carbocycles. The van der Waals surface area contributed by atoms with Crippen molar-refractivity contribution in [3.05, 3.63) is 59.5 Å². The Balaban J connectivity index is 1.88. The van der Waals surface area contributed by atoms with Crippen LogP contribution in [0.3, 0.4) is 0 Å². The largest absolute Gasteiger partial charge is 0.462 e. The number of nitrogens with zero attached hydrogens (tertiary/aromatic N) is 2. The van der Waals surface area contributed by atoms with Gasteiger partial charge in [0.25, 0.3) is 0 Å². The van der Waals surface area contributed by atoms with E-state index in [-0.39, 0.29) is 41.8 Å². The average Bonchev–Trinajstić information content (AvgIpc) is 3.14. The molecule has 36 heavy (non-hydrogen) atoms. The van der Waals surface area contributed by atoms with Gasteiger partial charge >= 0.3 is 11.9 Å². The van der Waals surface area contributed by atoms with Crippen molar-refractivity contribution in [2.24, 2.45) is 23.7 Å². The monoisotopic (exact) mass is 496 g/mol. The molecule has 4 atom stereocenters. The molecule has 0 aromatic rings. The minimum absolute atomic E-state index is 0.0329. The normalized spacial score (nSPS) is 29.3. The lowest BCUT2D eigenvalue weighted by Gasteiger charge is -2.40. The van der Waals surface area contributed by atoms with Gasteiger partial charge in [-0.1, -0.05) is 37.6 Å². The number of likely N-dealkylation sites (N-methyl/N-ethyl adjacent to an activating group) is 1. The van der Waals surface area contributed by atoms with Gasteiger partial charge in [0.1, 0.15) is 11.7 Å². The quantitative estimate of drug-likeness (QED) is 0.234. The van der Waals surface area contributed by atoms with Gasteiger partial charge in [0, 0.05) is 32.8 Å². The Morgan fingerprint density at radius 3 is 2.61 bits per heavy atom. The molecule has 2 aliphatic carbocycles. The first-order chi connectivity index (χ1) is 17.1. The molecule has 0 amide bonds. The Labute approximate surface area is 215 Å². The minimum atomic E-state index is -0.578. The molecule has 0 bridgehead atoms. The molecule has 1 heterocycles. The number of esters is 2. The van der Waals surface area contributed by atoms with E-state index < -0.39 is 11.9 Å². The van der Waals surface area contributed by atoms with Crippen LogP contribution in [0.5, 0.6) is 0 Å². The van der Waals surface area contributed by atoms with Crippen molar-refractivity contribution in [2.45, 2.75) is 53.1 Å². The smallest absolute Gasteiger partial charge is 0.341 e. The third kappa shape index (κ3) is 6.77. The summed E-state index contributed by atoms with van der Waals surface area (Å²) in [6.45, 7) is 9.14. The van der Waals surface area contributed by atoms with Crippen molar-refractivity contribution in [2.75, 3.05) is 27.4 Å². The number of hydrogen-bond acceptors (Lipinski definition) is 7. The Kier molecular flexibility index (Phi) is 9.35. The first-order valence-electron chi connectivity index (χ1n) is 12.9. The number of carbonyl (C=O) groups excluding carboxylic acids is 3. The first-order valence-corrected chi connectivity index (χ1v) is 12.9. The average molecular weight is 497 g/mol. The standard InChI is InChI=1S/C29H40N2O5/c1-7-35-29(34)26-16-25-23(19(2)3)13-11-20(4)24(25)15-22(9-8-10-27(26)32)36-28(33)14-12-21-17-30(5)18-31(21)6/h8,10-12,14,16-17,19,22-25H,7,9,13,15,18H2,1-6H3/b10-8-,14-12+,26-16+/t22-,23-,24+,25-/m1/s1. The van der Waals surface area contributed by atoms with Gasteiger partial charge in [0.2, 0.25) is 0 Å². The van der Waals surface area contributed by atoms with Crippen molar-refractivity contribution in [3.63, 3.8) is 0 Å². The van der Waals surface area contributed by atoms with Crippen LogP contribution in [0.15, 0.2) is 59.5 Å². The molecule has 0 fully saturated rings. The van der Waals surface area contributed by atoms with Crippen molar-refractivity contribution in [1.82, 2.24) is 9.80 Å². The van der Waals surface area contributed by atoms with Gasteiger partial charge in [0.05, 0.1) is 19.0 Å². The summed E-state index contributed by atoms with van der Waals surface area (Å²) in [7, 11) is 3.95. The fourth-order valence-electron chi connectivity index (χ4n) is 5.38. The van der Waals surface area contributed by atoms with Crippen LogP contribution < -0.4 is 0 Å². The van der Waals surface area contributed by atoms with E-state index in [1.165, 1.54) is 17.7 Å². The zero-order valence-electron chi connectivity index (χ0n) is 22.4. The predicted molar refractivity (Wildman–Crippen MR) is 139 cm³/mol. The van der Waals surface area contributed by atoms with E-state index in [0.29, 0.717) is 18.8 Å². The highest BCUT2D eigenvalue weighted by Crippen LogP contribution is 2.43. The lowest BCUT2D eigenvalue weighted by Crippen LogP contribution is -2.34. The van der Waals surface area contributed by atoms with E-state index in [4.69, 9.17) is 9.47 Å². The van der Waals surface area contributed by atoms with Crippen molar-refractivity contribution in [3.8, 4) is 0 Å². The second-order valence-corrected chi connectivity index (χ2v) is 10.4. The fraction of sp³-hybridized carbons (Fsp3) is 0.552. The number of ether oxygens (including phenoxy) is 2. The Bertz CT molecular complexity index is 1000. The summed E-state index contributed by atoms with van der Waals surface area (Å²) in [6.07, 6.45) is 13.9. The highest BCUT2D eigenvalue weighted by Gasteiger charge is 2.37. The third-order valence-corrected chi connectivity index (χ3v) is 7.32. The lowest BCUT2D eigenvalue weighted by atomic mass is 9.65. The zero-order chi connectivity index (χ0) is 26.4. The summed E-state index contributed by atoms with van der Waals surface area (Å²) in [5.74, 6) is -0.715. The van der Waals surface area contributed by atoms with E-state index >= 15 is 0 Å². The van der Waals surface area contributed by atoms with Gasteiger partial charge in [-0.25, -0.2) is 9.59 Å². The maximum Gasteiger partial charge on any atom is 0.341 e. The zero-order valence-corrected chi connectivity index (χ0v) is 22.4. The van der Waals surface area contributed by atoms with Gasteiger partial charge in [-0.3, -0.25) is 4.79 Å². The second kappa shape index (κ2) is 12.2. The van der Waals surface area contributed by atoms with Crippen molar-refractivity contribution < 1.29 is 23.9 Å².